The average Bonchev–Trinajstić information content (AvgIpc) is 3.65. The zero-order valence-electron chi connectivity index (χ0n) is 22.2. The summed E-state index contributed by atoms with van der Waals surface area (Å²) in [5.74, 6) is 0.522. The lowest BCUT2D eigenvalue weighted by Crippen LogP contribution is -2.21. The number of hydrogen-bond donors (Lipinski definition) is 0. The highest BCUT2D eigenvalue weighted by molar-refractivity contribution is 7.99. The fourth-order valence-corrected chi connectivity index (χ4v) is 8.85. The van der Waals surface area contributed by atoms with Crippen LogP contribution in [0.4, 0.5) is 0 Å². The molecule has 0 saturated carbocycles. The molecule has 0 atom stereocenters. The topological polar surface area (TPSA) is 86.4 Å². The molecule has 0 fully saturated rings. The van der Waals surface area contributed by atoms with Crippen molar-refractivity contribution in [3.8, 4) is 27.6 Å². The molecular weight excluding hydrogens is 581 g/mol. The van der Waals surface area contributed by atoms with E-state index in [4.69, 9.17) is 15.0 Å². The fraction of sp³-hybridized carbons (Fsp3) is 0.125. The van der Waals surface area contributed by atoms with E-state index in [0.29, 0.717) is 26.9 Å². The van der Waals surface area contributed by atoms with Gasteiger partial charge < -0.3 is 0 Å². The van der Waals surface area contributed by atoms with Crippen molar-refractivity contribution in [2.45, 2.75) is 35.9 Å². The summed E-state index contributed by atoms with van der Waals surface area (Å²) in [6, 6.07) is 21.8. The molecule has 8 rings (SSSR count). The molecule has 0 radical (unpaired) electrons. The summed E-state index contributed by atoms with van der Waals surface area (Å²) in [6.45, 7) is 0. The minimum atomic E-state index is -0.0982. The predicted octanol–water partition coefficient (Wildman–Crippen LogP) is 7.61. The number of fused-ring (bicyclic) bond motifs is 4. The molecule has 0 saturated heterocycles. The van der Waals surface area contributed by atoms with E-state index in [9.17, 15) is 4.79 Å². The van der Waals surface area contributed by atoms with Gasteiger partial charge in [-0.3, -0.25) is 14.3 Å². The molecular formula is C32H22N6OS3. The SMILES string of the molecule is O=c1c2cc(-c3ccccc3)sc2nc(Sc2nc(-c3cnccn3)nc3sc4c(c23)CCCC4)n1-c1ccccc1. The second kappa shape index (κ2) is 10.5. The summed E-state index contributed by atoms with van der Waals surface area (Å²) in [6.07, 6.45) is 9.36. The Bertz CT molecular complexity index is 2140. The van der Waals surface area contributed by atoms with Crippen LogP contribution in [0.3, 0.4) is 0 Å². The third kappa shape index (κ3) is 4.43. The summed E-state index contributed by atoms with van der Waals surface area (Å²) in [7, 11) is 0. The van der Waals surface area contributed by atoms with Crippen LogP contribution in [-0.2, 0) is 12.8 Å². The zero-order chi connectivity index (χ0) is 28.0. The first-order valence-corrected chi connectivity index (χ1v) is 16.1. The van der Waals surface area contributed by atoms with E-state index < -0.39 is 0 Å². The van der Waals surface area contributed by atoms with Crippen molar-refractivity contribution in [2.24, 2.45) is 0 Å². The molecule has 7 aromatic rings. The van der Waals surface area contributed by atoms with Gasteiger partial charge in [-0.2, -0.15) is 0 Å². The van der Waals surface area contributed by atoms with E-state index >= 15 is 0 Å². The lowest BCUT2D eigenvalue weighted by atomic mass is 9.97. The number of aromatic nitrogens is 6. The smallest absolute Gasteiger partial charge is 0.267 e. The van der Waals surface area contributed by atoms with Gasteiger partial charge in [-0.1, -0.05) is 48.5 Å². The molecule has 7 nitrogen and oxygen atoms in total. The van der Waals surface area contributed by atoms with Crippen molar-refractivity contribution >= 4 is 54.9 Å². The maximum absolute atomic E-state index is 14.2. The lowest BCUT2D eigenvalue weighted by Gasteiger charge is -2.14. The van der Waals surface area contributed by atoms with Crippen LogP contribution >= 0.6 is 34.4 Å². The Morgan fingerprint density at radius 3 is 2.45 bits per heavy atom. The van der Waals surface area contributed by atoms with Crippen molar-refractivity contribution in [2.75, 3.05) is 0 Å². The van der Waals surface area contributed by atoms with Crippen LogP contribution in [0.5, 0.6) is 0 Å². The van der Waals surface area contributed by atoms with Gasteiger partial charge >= 0.3 is 0 Å². The number of aryl methyl sites for hydroxylation is 2. The van der Waals surface area contributed by atoms with Gasteiger partial charge in [-0.05, 0) is 66.8 Å². The lowest BCUT2D eigenvalue weighted by molar-refractivity contribution is 0.699. The zero-order valence-corrected chi connectivity index (χ0v) is 24.7. The summed E-state index contributed by atoms with van der Waals surface area (Å²) in [4.78, 5) is 42.1. The van der Waals surface area contributed by atoms with Crippen molar-refractivity contribution in [1.29, 1.82) is 0 Å². The minimum Gasteiger partial charge on any atom is -0.268 e. The number of para-hydroxylation sites is 1. The number of nitrogens with zero attached hydrogens (tertiary/aromatic N) is 6. The standard InChI is InChI=1S/C32H22N6OS3/c39-31-22-17-25(19-9-3-1-4-10-19)41-28(22)37-32(38(31)20-11-5-2-6-12-20)42-30-26-21-13-7-8-14-24(21)40-29(26)35-27(36-30)23-18-33-15-16-34-23/h1-6,9-12,15-18H,7-8,13-14H2. The number of hydrogen-bond acceptors (Lipinski definition) is 9. The quantitative estimate of drug-likeness (QED) is 0.148. The number of benzene rings is 2. The molecule has 10 heteroatoms. The summed E-state index contributed by atoms with van der Waals surface area (Å²) in [5.41, 5.74) is 3.67. The maximum atomic E-state index is 14.2. The molecule has 1 aliphatic carbocycles. The van der Waals surface area contributed by atoms with E-state index in [1.165, 1.54) is 40.0 Å². The Hall–Kier alpha value is -4.25. The molecule has 0 bridgehead atoms. The third-order valence-corrected chi connectivity index (χ3v) is 10.6. The van der Waals surface area contributed by atoms with E-state index in [1.807, 2.05) is 54.6 Å². The van der Waals surface area contributed by atoms with E-state index in [2.05, 4.69) is 22.1 Å². The summed E-state index contributed by atoms with van der Waals surface area (Å²) < 4.78 is 1.71. The largest absolute Gasteiger partial charge is 0.268 e. The van der Waals surface area contributed by atoms with Crippen molar-refractivity contribution in [1.82, 2.24) is 29.5 Å². The second-order valence-electron chi connectivity index (χ2n) is 10.0. The third-order valence-electron chi connectivity index (χ3n) is 7.37. The molecule has 1 aliphatic rings. The van der Waals surface area contributed by atoms with Crippen LogP contribution in [0.15, 0.2) is 100 Å². The molecule has 0 N–H and O–H groups in total. The molecule has 42 heavy (non-hydrogen) atoms. The van der Waals surface area contributed by atoms with Crippen molar-refractivity contribution < 1.29 is 0 Å². The summed E-state index contributed by atoms with van der Waals surface area (Å²) >= 11 is 4.70. The molecule has 0 aliphatic heterocycles. The van der Waals surface area contributed by atoms with Crippen LogP contribution in [0.2, 0.25) is 0 Å². The first kappa shape index (κ1) is 25.5. The van der Waals surface area contributed by atoms with E-state index in [0.717, 1.165) is 50.6 Å². The van der Waals surface area contributed by atoms with Gasteiger partial charge in [0.2, 0.25) is 0 Å². The van der Waals surface area contributed by atoms with E-state index in [-0.39, 0.29) is 5.56 Å². The number of thiophene rings is 2. The van der Waals surface area contributed by atoms with Crippen LogP contribution in [0.1, 0.15) is 23.3 Å². The van der Waals surface area contributed by atoms with Crippen LogP contribution in [0, 0.1) is 0 Å². The first-order chi connectivity index (χ1) is 20.7. The van der Waals surface area contributed by atoms with Gasteiger partial charge in [0, 0.05) is 27.5 Å². The molecule has 204 valence electrons. The first-order valence-electron chi connectivity index (χ1n) is 13.7. The highest BCUT2D eigenvalue weighted by atomic mass is 32.2. The van der Waals surface area contributed by atoms with Gasteiger partial charge in [0.05, 0.1) is 17.3 Å². The molecule has 0 unspecified atom stereocenters. The van der Waals surface area contributed by atoms with Gasteiger partial charge in [0.1, 0.15) is 20.4 Å². The number of rotatable bonds is 5. The molecule has 5 heterocycles. The van der Waals surface area contributed by atoms with Crippen LogP contribution in [0.25, 0.3) is 48.1 Å². The molecule has 5 aromatic heterocycles. The second-order valence-corrected chi connectivity index (χ2v) is 13.1. The minimum absolute atomic E-state index is 0.0982. The Labute approximate surface area is 253 Å². The predicted molar refractivity (Wildman–Crippen MR) is 170 cm³/mol. The Morgan fingerprint density at radius 1 is 0.833 bits per heavy atom. The Kier molecular flexibility index (Phi) is 6.39. The van der Waals surface area contributed by atoms with Crippen molar-refractivity contribution in [3.05, 3.63) is 106 Å². The fourth-order valence-electron chi connectivity index (χ4n) is 5.39. The molecule has 0 spiro atoms. The van der Waals surface area contributed by atoms with Crippen molar-refractivity contribution in [3.63, 3.8) is 0 Å². The normalized spacial score (nSPS) is 13.0. The van der Waals surface area contributed by atoms with Gasteiger partial charge in [-0.15, -0.1) is 22.7 Å². The highest BCUT2D eigenvalue weighted by Crippen LogP contribution is 2.43. The Balaban J connectivity index is 1.37. The summed E-state index contributed by atoms with van der Waals surface area (Å²) in [5, 5.41) is 3.03. The van der Waals surface area contributed by atoms with Gasteiger partial charge in [0.25, 0.3) is 5.56 Å². The van der Waals surface area contributed by atoms with Gasteiger partial charge in [-0.25, -0.2) is 19.9 Å². The highest BCUT2D eigenvalue weighted by Gasteiger charge is 2.25. The van der Waals surface area contributed by atoms with Crippen LogP contribution < -0.4 is 5.56 Å². The van der Waals surface area contributed by atoms with Gasteiger partial charge in [0.15, 0.2) is 11.0 Å². The monoisotopic (exact) mass is 602 g/mol. The average molecular weight is 603 g/mol. The van der Waals surface area contributed by atoms with Crippen LogP contribution in [-0.4, -0.2) is 29.5 Å². The Morgan fingerprint density at radius 2 is 1.64 bits per heavy atom. The maximum Gasteiger partial charge on any atom is 0.267 e. The molecule has 2 aromatic carbocycles. The van der Waals surface area contributed by atoms with E-state index in [1.54, 1.807) is 34.5 Å². The molecule has 0 amide bonds.